The lowest BCUT2D eigenvalue weighted by molar-refractivity contribution is -0.140. The van der Waals surface area contributed by atoms with Crippen molar-refractivity contribution in [2.24, 2.45) is 0 Å². The number of hydrogen-bond donors (Lipinski definition) is 1. The van der Waals surface area contributed by atoms with Crippen LogP contribution in [0.2, 0.25) is 0 Å². The number of halogens is 1. The van der Waals surface area contributed by atoms with Crippen LogP contribution in [0.25, 0.3) is 11.1 Å². The van der Waals surface area contributed by atoms with Gasteiger partial charge in [0.1, 0.15) is 0 Å². The van der Waals surface area contributed by atoms with E-state index in [2.05, 4.69) is 25.4 Å². The summed E-state index contributed by atoms with van der Waals surface area (Å²) >= 11 is 3.42. The Labute approximate surface area is 150 Å². The average molecular weight is 412 g/mol. The molecule has 0 spiro atoms. The molecule has 0 heterocycles. The average Bonchev–Trinajstić information content (AvgIpc) is 2.54. The van der Waals surface area contributed by atoms with Gasteiger partial charge < -0.3 is 4.74 Å². The normalized spacial score (nSPS) is 11.3. The lowest BCUT2D eigenvalue weighted by Crippen LogP contribution is -2.26. The number of ether oxygens (including phenoxy) is 1. The van der Waals surface area contributed by atoms with Gasteiger partial charge in [-0.25, -0.2) is 13.1 Å². The van der Waals surface area contributed by atoms with Crippen LogP contribution < -0.4 is 4.72 Å². The number of carbonyl (C=O) groups excluding carboxylic acids is 1. The number of rotatable bonds is 6. The molecule has 24 heavy (non-hydrogen) atoms. The summed E-state index contributed by atoms with van der Waals surface area (Å²) in [5.74, 6) is -0.462. The molecule has 5 nitrogen and oxygen atoms in total. The molecule has 2 aromatic carbocycles. The van der Waals surface area contributed by atoms with Gasteiger partial charge in [0, 0.05) is 11.0 Å². The van der Waals surface area contributed by atoms with E-state index in [9.17, 15) is 13.2 Å². The van der Waals surface area contributed by atoms with Crippen molar-refractivity contribution < 1.29 is 17.9 Å². The first-order valence-electron chi connectivity index (χ1n) is 7.26. The van der Waals surface area contributed by atoms with Crippen molar-refractivity contribution in [1.82, 2.24) is 4.72 Å². The highest BCUT2D eigenvalue weighted by Crippen LogP contribution is 2.28. The second-order valence-corrected chi connectivity index (χ2v) is 7.89. The number of benzene rings is 2. The second-order valence-electron chi connectivity index (χ2n) is 5.21. The predicted molar refractivity (Wildman–Crippen MR) is 96.1 cm³/mol. The number of nitrogens with one attached hydrogen (secondary N) is 1. The van der Waals surface area contributed by atoms with Crippen molar-refractivity contribution in [3.63, 3.8) is 0 Å². The largest absolute Gasteiger partial charge is 0.469 e. The smallest absolute Gasteiger partial charge is 0.306 e. The number of hydrogen-bond acceptors (Lipinski definition) is 4. The molecular formula is C17H18BrNO4S. The van der Waals surface area contributed by atoms with E-state index in [0.717, 1.165) is 21.2 Å². The maximum Gasteiger partial charge on any atom is 0.306 e. The van der Waals surface area contributed by atoms with E-state index in [-0.39, 0.29) is 17.9 Å². The molecule has 7 heteroatoms. The molecule has 0 aliphatic rings. The number of methoxy groups -OCH3 is 1. The third-order valence-corrected chi connectivity index (χ3v) is 5.46. The van der Waals surface area contributed by atoms with E-state index in [1.807, 2.05) is 31.2 Å². The first kappa shape index (κ1) is 18.6. The molecular weight excluding hydrogens is 394 g/mol. The number of sulfonamides is 1. The summed E-state index contributed by atoms with van der Waals surface area (Å²) in [5, 5.41) is 0. The first-order valence-corrected chi connectivity index (χ1v) is 9.54. The minimum atomic E-state index is -3.69. The Bertz CT molecular complexity index is 849. The first-order chi connectivity index (χ1) is 11.3. The summed E-state index contributed by atoms with van der Waals surface area (Å²) in [4.78, 5) is 11.2. The van der Waals surface area contributed by atoms with Gasteiger partial charge in [-0.2, -0.15) is 0 Å². The summed E-state index contributed by atoms with van der Waals surface area (Å²) in [5.41, 5.74) is 2.74. The van der Waals surface area contributed by atoms with Crippen LogP contribution in [-0.2, 0) is 19.6 Å². The van der Waals surface area contributed by atoms with Crippen molar-refractivity contribution in [1.29, 1.82) is 0 Å². The van der Waals surface area contributed by atoms with Gasteiger partial charge in [-0.05, 0) is 47.9 Å². The van der Waals surface area contributed by atoms with Gasteiger partial charge in [-0.15, -0.1) is 0 Å². The molecule has 0 aliphatic heterocycles. The Morgan fingerprint density at radius 1 is 1.21 bits per heavy atom. The standard InChI is InChI=1S/C17H18BrNO4S/c1-12-6-7-15(24(21,22)19-9-8-17(20)23-2)11-16(12)13-4-3-5-14(18)10-13/h3-7,10-11,19H,8-9H2,1-2H3. The quantitative estimate of drug-likeness (QED) is 0.740. The lowest BCUT2D eigenvalue weighted by atomic mass is 10.0. The summed E-state index contributed by atoms with van der Waals surface area (Å²) in [6.45, 7) is 1.92. The van der Waals surface area contributed by atoms with Crippen LogP contribution in [0.4, 0.5) is 0 Å². The summed E-state index contributed by atoms with van der Waals surface area (Å²) < 4.78 is 32.6. The van der Waals surface area contributed by atoms with Crippen LogP contribution in [0.15, 0.2) is 51.8 Å². The Hall–Kier alpha value is -1.70. The van der Waals surface area contributed by atoms with Crippen LogP contribution in [0, 0.1) is 6.92 Å². The predicted octanol–water partition coefficient (Wildman–Crippen LogP) is 3.27. The zero-order valence-corrected chi connectivity index (χ0v) is 15.8. The highest BCUT2D eigenvalue weighted by molar-refractivity contribution is 9.10. The molecule has 0 radical (unpaired) electrons. The minimum absolute atomic E-state index is 0.00486. The Balaban J connectivity index is 2.28. The van der Waals surface area contributed by atoms with E-state index in [4.69, 9.17) is 0 Å². The molecule has 0 aromatic heterocycles. The molecule has 0 saturated heterocycles. The summed E-state index contributed by atoms with van der Waals surface area (Å²) in [6, 6.07) is 12.6. The van der Waals surface area contributed by atoms with Crippen LogP contribution in [-0.4, -0.2) is 28.0 Å². The molecule has 2 rings (SSSR count). The molecule has 1 N–H and O–H groups in total. The Morgan fingerprint density at radius 2 is 1.96 bits per heavy atom. The van der Waals surface area contributed by atoms with E-state index in [1.54, 1.807) is 18.2 Å². The van der Waals surface area contributed by atoms with Gasteiger partial charge in [-0.1, -0.05) is 34.1 Å². The number of esters is 1. The number of aryl methyl sites for hydroxylation is 1. The maximum atomic E-state index is 12.4. The zero-order chi connectivity index (χ0) is 17.7. The highest BCUT2D eigenvalue weighted by atomic mass is 79.9. The molecule has 0 unspecified atom stereocenters. The van der Waals surface area contributed by atoms with E-state index in [0.29, 0.717) is 0 Å². The topological polar surface area (TPSA) is 72.5 Å². The zero-order valence-electron chi connectivity index (χ0n) is 13.4. The van der Waals surface area contributed by atoms with Crippen LogP contribution in [0.1, 0.15) is 12.0 Å². The Kier molecular flexibility index (Phi) is 6.15. The van der Waals surface area contributed by atoms with E-state index < -0.39 is 16.0 Å². The fourth-order valence-corrected chi connectivity index (χ4v) is 3.67. The molecule has 0 bridgehead atoms. The summed E-state index contributed by atoms with van der Waals surface area (Å²) in [6.07, 6.45) is -0.0138. The number of carbonyl (C=O) groups is 1. The molecule has 0 amide bonds. The van der Waals surface area contributed by atoms with Gasteiger partial charge in [0.2, 0.25) is 10.0 Å². The van der Waals surface area contributed by atoms with Crippen LogP contribution in [0.5, 0.6) is 0 Å². The molecule has 0 aliphatic carbocycles. The van der Waals surface area contributed by atoms with Gasteiger partial charge in [-0.3, -0.25) is 4.79 Å². The van der Waals surface area contributed by atoms with Gasteiger partial charge >= 0.3 is 5.97 Å². The van der Waals surface area contributed by atoms with Gasteiger partial charge in [0.25, 0.3) is 0 Å². The third-order valence-electron chi connectivity index (χ3n) is 3.50. The second kappa shape index (κ2) is 7.92. The molecule has 0 atom stereocenters. The SMILES string of the molecule is COC(=O)CCNS(=O)(=O)c1ccc(C)c(-c2cccc(Br)c2)c1. The molecule has 0 saturated carbocycles. The molecule has 128 valence electrons. The van der Waals surface area contributed by atoms with Gasteiger partial charge in [0.15, 0.2) is 0 Å². The van der Waals surface area contributed by atoms with Crippen molar-refractivity contribution in [2.75, 3.05) is 13.7 Å². The molecule has 0 fully saturated rings. The fourth-order valence-electron chi connectivity index (χ4n) is 2.21. The fraction of sp³-hybridized carbons (Fsp3) is 0.235. The van der Waals surface area contributed by atoms with Crippen LogP contribution >= 0.6 is 15.9 Å². The van der Waals surface area contributed by atoms with E-state index >= 15 is 0 Å². The van der Waals surface area contributed by atoms with Crippen molar-refractivity contribution >= 4 is 31.9 Å². The highest BCUT2D eigenvalue weighted by Gasteiger charge is 2.16. The van der Waals surface area contributed by atoms with Gasteiger partial charge in [0.05, 0.1) is 18.4 Å². The monoisotopic (exact) mass is 411 g/mol. The van der Waals surface area contributed by atoms with Crippen LogP contribution in [0.3, 0.4) is 0 Å². The van der Waals surface area contributed by atoms with Crippen molar-refractivity contribution in [2.45, 2.75) is 18.2 Å². The van der Waals surface area contributed by atoms with Crippen molar-refractivity contribution in [3.8, 4) is 11.1 Å². The third kappa shape index (κ3) is 4.66. The summed E-state index contributed by atoms with van der Waals surface area (Å²) in [7, 11) is -2.43. The van der Waals surface area contributed by atoms with Crippen molar-refractivity contribution in [3.05, 3.63) is 52.5 Å². The Morgan fingerprint density at radius 3 is 2.62 bits per heavy atom. The molecule has 2 aromatic rings. The lowest BCUT2D eigenvalue weighted by Gasteiger charge is -2.11. The van der Waals surface area contributed by atoms with E-state index in [1.165, 1.54) is 7.11 Å². The minimum Gasteiger partial charge on any atom is -0.469 e. The maximum absolute atomic E-state index is 12.4.